The van der Waals surface area contributed by atoms with Gasteiger partial charge < -0.3 is 4.90 Å². The summed E-state index contributed by atoms with van der Waals surface area (Å²) >= 11 is 0. The van der Waals surface area contributed by atoms with Gasteiger partial charge in [0.1, 0.15) is 0 Å². The molecule has 2 rings (SSSR count). The van der Waals surface area contributed by atoms with E-state index in [1.807, 2.05) is 0 Å². The molecule has 8 nitrogen and oxygen atoms in total. The fourth-order valence-corrected chi connectivity index (χ4v) is 5.42. The molecule has 0 unspecified atom stereocenters. The lowest BCUT2D eigenvalue weighted by Crippen LogP contribution is -2.36. The maximum Gasteiger partial charge on any atom is 0.243 e. The van der Waals surface area contributed by atoms with Crippen molar-refractivity contribution in [1.82, 2.24) is 13.9 Å². The maximum atomic E-state index is 12.4. The first kappa shape index (κ1) is 19.8. The number of hydrogen-bond donors (Lipinski definition) is 1. The Morgan fingerprint density at radius 3 is 2.04 bits per heavy atom. The van der Waals surface area contributed by atoms with Crippen molar-refractivity contribution >= 4 is 26.0 Å². The first-order valence-electron chi connectivity index (χ1n) is 7.98. The highest BCUT2D eigenvalue weighted by atomic mass is 32.2. The summed E-state index contributed by atoms with van der Waals surface area (Å²) in [7, 11) is -5.84. The van der Waals surface area contributed by atoms with Crippen LogP contribution in [0.15, 0.2) is 34.1 Å². The Balaban J connectivity index is 2.20. The second kappa shape index (κ2) is 7.40. The number of carbonyl (C=O) groups excluding carboxylic acids is 1. The van der Waals surface area contributed by atoms with Gasteiger partial charge in [0.2, 0.25) is 26.0 Å². The molecule has 1 N–H and O–H groups in total. The Labute approximate surface area is 148 Å². The zero-order chi connectivity index (χ0) is 18.8. The number of nitrogens with one attached hydrogen (secondary N) is 1. The summed E-state index contributed by atoms with van der Waals surface area (Å²) in [6.07, 6.45) is 0.115. The largest absolute Gasteiger partial charge is 0.344 e. The van der Waals surface area contributed by atoms with Gasteiger partial charge in [0, 0.05) is 39.1 Å². The number of sulfonamides is 2. The molecule has 0 aromatic heterocycles. The van der Waals surface area contributed by atoms with Crippen molar-refractivity contribution in [3.05, 3.63) is 24.3 Å². The van der Waals surface area contributed by atoms with Gasteiger partial charge in [0.05, 0.1) is 9.79 Å². The summed E-state index contributed by atoms with van der Waals surface area (Å²) in [4.78, 5) is 13.0. The summed E-state index contributed by atoms with van der Waals surface area (Å²) < 4.78 is 53.4. The molecule has 0 aliphatic carbocycles. The third kappa shape index (κ3) is 4.20. The van der Waals surface area contributed by atoms with E-state index in [9.17, 15) is 21.6 Å². The standard InChI is InChI=1S/C15H23N3O5S2/c1-4-18(5-2)25(22,23)14-8-6-13(7-9-14)24(20,21)16-12-10-15(19)17(3)11-12/h6-9,12,16H,4-5,10-11H2,1-3H3/t12-/m0/s1. The first-order chi connectivity index (χ1) is 11.6. The Morgan fingerprint density at radius 2 is 1.60 bits per heavy atom. The minimum atomic E-state index is -3.82. The highest BCUT2D eigenvalue weighted by Crippen LogP contribution is 2.19. The molecule has 1 aromatic carbocycles. The fraction of sp³-hybridized carbons (Fsp3) is 0.533. The molecule has 1 aliphatic heterocycles. The lowest BCUT2D eigenvalue weighted by molar-refractivity contribution is -0.126. The van der Waals surface area contributed by atoms with Crippen LogP contribution >= 0.6 is 0 Å². The van der Waals surface area contributed by atoms with Crippen LogP contribution in [0, 0.1) is 0 Å². The van der Waals surface area contributed by atoms with Crippen molar-refractivity contribution in [2.75, 3.05) is 26.7 Å². The number of likely N-dealkylation sites (N-methyl/N-ethyl adjacent to an activating group) is 1. The van der Waals surface area contributed by atoms with Gasteiger partial charge in [-0.3, -0.25) is 4.79 Å². The molecule has 1 amide bonds. The van der Waals surface area contributed by atoms with Crippen LogP contribution in [0.4, 0.5) is 0 Å². The molecule has 1 saturated heterocycles. The summed E-state index contributed by atoms with van der Waals surface area (Å²) in [6, 6.07) is 4.61. The van der Waals surface area contributed by atoms with Crippen molar-refractivity contribution < 1.29 is 21.6 Å². The molecule has 1 heterocycles. The van der Waals surface area contributed by atoms with E-state index in [2.05, 4.69) is 4.72 Å². The number of hydrogen-bond acceptors (Lipinski definition) is 5. The molecule has 0 saturated carbocycles. The van der Waals surface area contributed by atoms with Crippen molar-refractivity contribution in [3.63, 3.8) is 0 Å². The number of benzene rings is 1. The van der Waals surface area contributed by atoms with Crippen LogP contribution in [0.5, 0.6) is 0 Å². The number of likely N-dealkylation sites (tertiary alicyclic amines) is 1. The van der Waals surface area contributed by atoms with Crippen LogP contribution in [0.3, 0.4) is 0 Å². The van der Waals surface area contributed by atoms with Gasteiger partial charge in [-0.1, -0.05) is 13.8 Å². The summed E-state index contributed by atoms with van der Waals surface area (Å²) in [5, 5.41) is 0. The summed E-state index contributed by atoms with van der Waals surface area (Å²) in [5.74, 6) is -0.117. The smallest absolute Gasteiger partial charge is 0.243 e. The van der Waals surface area contributed by atoms with Gasteiger partial charge in [0.25, 0.3) is 0 Å². The van der Waals surface area contributed by atoms with Crippen molar-refractivity contribution in [1.29, 1.82) is 0 Å². The van der Waals surface area contributed by atoms with Gasteiger partial charge >= 0.3 is 0 Å². The zero-order valence-electron chi connectivity index (χ0n) is 14.5. The van der Waals surface area contributed by atoms with E-state index in [1.54, 1.807) is 20.9 Å². The van der Waals surface area contributed by atoms with Crippen molar-refractivity contribution in [3.8, 4) is 0 Å². The monoisotopic (exact) mass is 389 g/mol. The van der Waals surface area contributed by atoms with Gasteiger partial charge in [-0.15, -0.1) is 0 Å². The third-order valence-electron chi connectivity index (χ3n) is 4.14. The van der Waals surface area contributed by atoms with Crippen molar-refractivity contribution in [2.24, 2.45) is 0 Å². The average molecular weight is 389 g/mol. The van der Waals surface area contributed by atoms with E-state index in [1.165, 1.54) is 33.5 Å². The summed E-state index contributed by atoms with van der Waals surface area (Å²) in [5.41, 5.74) is 0. The van der Waals surface area contributed by atoms with Crippen LogP contribution in [0.2, 0.25) is 0 Å². The lowest BCUT2D eigenvalue weighted by atomic mass is 10.3. The molecule has 140 valence electrons. The first-order valence-corrected chi connectivity index (χ1v) is 10.9. The molecule has 0 radical (unpaired) electrons. The molecule has 25 heavy (non-hydrogen) atoms. The minimum Gasteiger partial charge on any atom is -0.344 e. The number of carbonyl (C=O) groups is 1. The maximum absolute atomic E-state index is 12.4. The Kier molecular flexibility index (Phi) is 5.87. The Bertz CT molecular complexity index is 830. The van der Waals surface area contributed by atoms with Gasteiger partial charge in [-0.2, -0.15) is 4.31 Å². The Morgan fingerprint density at radius 1 is 1.08 bits per heavy atom. The predicted molar refractivity (Wildman–Crippen MR) is 92.9 cm³/mol. The lowest BCUT2D eigenvalue weighted by Gasteiger charge is -2.18. The molecule has 0 spiro atoms. The molecular weight excluding hydrogens is 366 g/mol. The normalized spacial score (nSPS) is 19.0. The zero-order valence-corrected chi connectivity index (χ0v) is 16.1. The number of amides is 1. The fourth-order valence-electron chi connectivity index (χ4n) is 2.73. The van der Waals surface area contributed by atoms with Crippen LogP contribution in [0.25, 0.3) is 0 Å². The van der Waals surface area contributed by atoms with Crippen molar-refractivity contribution in [2.45, 2.75) is 36.1 Å². The highest BCUT2D eigenvalue weighted by molar-refractivity contribution is 7.89. The molecule has 1 aliphatic rings. The topological polar surface area (TPSA) is 104 Å². The average Bonchev–Trinajstić information content (AvgIpc) is 2.85. The third-order valence-corrected chi connectivity index (χ3v) is 7.74. The van der Waals surface area contributed by atoms with E-state index >= 15 is 0 Å². The van der Waals surface area contributed by atoms with Gasteiger partial charge in [-0.25, -0.2) is 21.6 Å². The predicted octanol–water partition coefficient (Wildman–Crippen LogP) is 0.226. The van der Waals surface area contributed by atoms with E-state index in [-0.39, 0.29) is 22.1 Å². The number of rotatable bonds is 7. The molecule has 1 aromatic rings. The quantitative estimate of drug-likeness (QED) is 0.719. The molecule has 1 fully saturated rings. The highest BCUT2D eigenvalue weighted by Gasteiger charge is 2.31. The van der Waals surface area contributed by atoms with E-state index in [4.69, 9.17) is 0 Å². The second-order valence-corrected chi connectivity index (χ2v) is 9.51. The van der Waals surface area contributed by atoms with Crippen LogP contribution in [-0.2, 0) is 24.8 Å². The number of nitrogens with zero attached hydrogens (tertiary/aromatic N) is 2. The summed E-state index contributed by atoms with van der Waals surface area (Å²) in [6.45, 7) is 4.47. The molecule has 1 atom stereocenters. The van der Waals surface area contributed by atoms with Crippen LogP contribution in [-0.4, -0.2) is 64.7 Å². The molecular formula is C15H23N3O5S2. The second-order valence-electron chi connectivity index (χ2n) is 5.86. The van der Waals surface area contributed by atoms with Gasteiger partial charge in [0.15, 0.2) is 0 Å². The SMILES string of the molecule is CCN(CC)S(=O)(=O)c1ccc(S(=O)(=O)N[C@H]2CC(=O)N(C)C2)cc1. The Hall–Kier alpha value is -1.49. The molecule has 10 heteroatoms. The van der Waals surface area contributed by atoms with Crippen LogP contribution < -0.4 is 4.72 Å². The van der Waals surface area contributed by atoms with Gasteiger partial charge in [-0.05, 0) is 24.3 Å². The van der Waals surface area contributed by atoms with Crippen LogP contribution in [0.1, 0.15) is 20.3 Å². The molecule has 0 bridgehead atoms. The van der Waals surface area contributed by atoms with E-state index in [0.29, 0.717) is 19.6 Å². The van der Waals surface area contributed by atoms with E-state index < -0.39 is 26.1 Å². The minimum absolute atomic E-state index is 0.0343. The van der Waals surface area contributed by atoms with E-state index in [0.717, 1.165) is 0 Å².